The molecule has 2 N–H and O–H groups in total. The van der Waals surface area contributed by atoms with Crippen molar-refractivity contribution in [3.8, 4) is 0 Å². The fraction of sp³-hybridized carbons (Fsp3) is 0.300. The van der Waals surface area contributed by atoms with Crippen LogP contribution in [0.5, 0.6) is 0 Å². The Morgan fingerprint density at radius 1 is 1.47 bits per heavy atom. The first-order valence-electron chi connectivity index (χ1n) is 4.96. The minimum absolute atomic E-state index is 0.0230. The van der Waals surface area contributed by atoms with Crippen molar-refractivity contribution in [2.45, 2.75) is 6.54 Å². The topological polar surface area (TPSA) is 78.0 Å². The standard InChI is InChI=1S/C10H12ClN3O2S/c1-17(15,16)5-4-14-9-6-7(11)2-3-8(9)13-10(14)12/h2-3,6H,4-5H2,1H3,(H2,12,13). The molecule has 1 aromatic carbocycles. The summed E-state index contributed by atoms with van der Waals surface area (Å²) in [6.45, 7) is 0.279. The summed E-state index contributed by atoms with van der Waals surface area (Å²) in [6.07, 6.45) is 1.19. The zero-order valence-corrected chi connectivity index (χ0v) is 10.8. The molecule has 17 heavy (non-hydrogen) atoms. The molecule has 7 heteroatoms. The summed E-state index contributed by atoms with van der Waals surface area (Å²) in [5, 5.41) is 0.568. The molecule has 1 aromatic heterocycles. The Bertz CT molecular complexity index is 663. The summed E-state index contributed by atoms with van der Waals surface area (Å²) in [5.74, 6) is 0.320. The smallest absolute Gasteiger partial charge is 0.201 e. The second-order valence-electron chi connectivity index (χ2n) is 3.88. The molecule has 0 aliphatic carbocycles. The van der Waals surface area contributed by atoms with Gasteiger partial charge in [-0.15, -0.1) is 0 Å². The first-order valence-corrected chi connectivity index (χ1v) is 7.40. The molecule has 2 rings (SSSR count). The van der Waals surface area contributed by atoms with Gasteiger partial charge in [0.05, 0.1) is 16.8 Å². The monoisotopic (exact) mass is 273 g/mol. The lowest BCUT2D eigenvalue weighted by molar-refractivity contribution is 0.596. The van der Waals surface area contributed by atoms with Crippen LogP contribution in [0.4, 0.5) is 5.95 Å². The van der Waals surface area contributed by atoms with E-state index < -0.39 is 9.84 Å². The van der Waals surface area contributed by atoms with E-state index in [1.54, 1.807) is 22.8 Å². The van der Waals surface area contributed by atoms with Gasteiger partial charge in [0, 0.05) is 17.8 Å². The molecule has 1 heterocycles. The minimum atomic E-state index is -3.03. The van der Waals surface area contributed by atoms with Crippen LogP contribution < -0.4 is 5.73 Å². The highest BCUT2D eigenvalue weighted by Gasteiger charge is 2.10. The Morgan fingerprint density at radius 2 is 2.18 bits per heavy atom. The number of anilines is 1. The Hall–Kier alpha value is -1.27. The van der Waals surface area contributed by atoms with Crippen molar-refractivity contribution in [2.75, 3.05) is 17.7 Å². The number of aromatic nitrogens is 2. The maximum absolute atomic E-state index is 11.1. The number of nitrogen functional groups attached to an aromatic ring is 1. The Kier molecular flexibility index (Phi) is 3.01. The lowest BCUT2D eigenvalue weighted by Crippen LogP contribution is -2.12. The molecule has 0 radical (unpaired) electrons. The zero-order valence-electron chi connectivity index (χ0n) is 9.22. The van der Waals surface area contributed by atoms with Gasteiger partial charge in [-0.1, -0.05) is 11.6 Å². The van der Waals surface area contributed by atoms with E-state index in [-0.39, 0.29) is 12.3 Å². The van der Waals surface area contributed by atoms with Gasteiger partial charge in [0.15, 0.2) is 0 Å². The average molecular weight is 274 g/mol. The van der Waals surface area contributed by atoms with Crippen molar-refractivity contribution < 1.29 is 8.42 Å². The molecule has 0 bridgehead atoms. The van der Waals surface area contributed by atoms with Crippen LogP contribution in [0.3, 0.4) is 0 Å². The number of fused-ring (bicyclic) bond motifs is 1. The third-order valence-corrected chi connectivity index (χ3v) is 3.58. The molecule has 5 nitrogen and oxygen atoms in total. The van der Waals surface area contributed by atoms with E-state index in [1.807, 2.05) is 0 Å². The van der Waals surface area contributed by atoms with Gasteiger partial charge in [0.1, 0.15) is 9.84 Å². The number of hydrogen-bond donors (Lipinski definition) is 1. The fourth-order valence-electron chi connectivity index (χ4n) is 1.61. The highest BCUT2D eigenvalue weighted by molar-refractivity contribution is 7.90. The molecule has 0 unspecified atom stereocenters. The van der Waals surface area contributed by atoms with Crippen LogP contribution in [0.15, 0.2) is 18.2 Å². The summed E-state index contributed by atoms with van der Waals surface area (Å²) in [6, 6.07) is 5.20. The minimum Gasteiger partial charge on any atom is -0.369 e. The van der Waals surface area contributed by atoms with Gasteiger partial charge < -0.3 is 10.3 Å². The third-order valence-electron chi connectivity index (χ3n) is 2.43. The van der Waals surface area contributed by atoms with Crippen LogP contribution in [-0.4, -0.2) is 30.0 Å². The molecular formula is C10H12ClN3O2S. The number of aryl methyl sites for hydroxylation is 1. The second kappa shape index (κ2) is 4.19. The second-order valence-corrected chi connectivity index (χ2v) is 6.58. The molecule has 0 atom stereocenters. The van der Waals surface area contributed by atoms with Crippen molar-refractivity contribution in [3.63, 3.8) is 0 Å². The average Bonchev–Trinajstić information content (AvgIpc) is 2.49. The van der Waals surface area contributed by atoms with Gasteiger partial charge >= 0.3 is 0 Å². The predicted octanol–water partition coefficient (Wildman–Crippen LogP) is 1.32. The third kappa shape index (κ3) is 2.70. The number of rotatable bonds is 3. The van der Waals surface area contributed by atoms with E-state index >= 15 is 0 Å². The summed E-state index contributed by atoms with van der Waals surface area (Å²) in [4.78, 5) is 4.14. The van der Waals surface area contributed by atoms with Crippen molar-refractivity contribution in [1.29, 1.82) is 0 Å². The van der Waals surface area contributed by atoms with Gasteiger partial charge in [-0.05, 0) is 18.2 Å². The number of benzene rings is 1. The summed E-state index contributed by atoms with van der Waals surface area (Å²) < 4.78 is 23.9. The van der Waals surface area contributed by atoms with Gasteiger partial charge in [-0.25, -0.2) is 13.4 Å². The van der Waals surface area contributed by atoms with Crippen LogP contribution in [0.2, 0.25) is 5.02 Å². The molecule has 0 saturated heterocycles. The van der Waals surface area contributed by atoms with Crippen molar-refractivity contribution in [2.24, 2.45) is 0 Å². The number of nitrogens with zero attached hydrogens (tertiary/aromatic N) is 2. The Morgan fingerprint density at radius 3 is 2.82 bits per heavy atom. The van der Waals surface area contributed by atoms with Crippen molar-refractivity contribution >= 4 is 38.4 Å². The maximum atomic E-state index is 11.1. The molecular weight excluding hydrogens is 262 g/mol. The normalized spacial score (nSPS) is 12.1. The van der Waals surface area contributed by atoms with E-state index in [9.17, 15) is 8.42 Å². The first kappa shape index (κ1) is 12.2. The molecule has 0 aliphatic rings. The summed E-state index contributed by atoms with van der Waals surface area (Å²) in [7, 11) is -3.03. The van der Waals surface area contributed by atoms with Crippen LogP contribution >= 0.6 is 11.6 Å². The molecule has 2 aromatic rings. The lowest BCUT2D eigenvalue weighted by atomic mass is 10.3. The Labute approximate surface area is 104 Å². The van der Waals surface area contributed by atoms with Crippen LogP contribution in [0.1, 0.15) is 0 Å². The number of nitrogens with two attached hydrogens (primary N) is 1. The maximum Gasteiger partial charge on any atom is 0.201 e. The van der Waals surface area contributed by atoms with Crippen molar-refractivity contribution in [1.82, 2.24) is 9.55 Å². The number of sulfone groups is 1. The molecule has 0 saturated carbocycles. The highest BCUT2D eigenvalue weighted by Crippen LogP contribution is 2.21. The van der Waals surface area contributed by atoms with E-state index in [1.165, 1.54) is 6.26 Å². The summed E-state index contributed by atoms with van der Waals surface area (Å²) >= 11 is 5.89. The van der Waals surface area contributed by atoms with Crippen LogP contribution in [0.25, 0.3) is 11.0 Å². The largest absolute Gasteiger partial charge is 0.369 e. The highest BCUT2D eigenvalue weighted by atomic mass is 35.5. The number of hydrogen-bond acceptors (Lipinski definition) is 4. The van der Waals surface area contributed by atoms with Crippen molar-refractivity contribution in [3.05, 3.63) is 23.2 Å². The van der Waals surface area contributed by atoms with Crippen LogP contribution in [-0.2, 0) is 16.4 Å². The molecule has 0 fully saturated rings. The quantitative estimate of drug-likeness (QED) is 0.915. The van der Waals surface area contributed by atoms with E-state index in [4.69, 9.17) is 17.3 Å². The van der Waals surface area contributed by atoms with E-state index in [0.717, 1.165) is 5.52 Å². The van der Waals surface area contributed by atoms with Gasteiger partial charge in [0.25, 0.3) is 0 Å². The molecule has 0 spiro atoms. The zero-order chi connectivity index (χ0) is 12.6. The lowest BCUT2D eigenvalue weighted by Gasteiger charge is -2.05. The predicted molar refractivity (Wildman–Crippen MR) is 68.9 cm³/mol. The van der Waals surface area contributed by atoms with E-state index in [0.29, 0.717) is 16.5 Å². The van der Waals surface area contributed by atoms with Gasteiger partial charge in [0.2, 0.25) is 5.95 Å². The summed E-state index contributed by atoms with van der Waals surface area (Å²) in [5.41, 5.74) is 7.20. The number of imidazole rings is 1. The molecule has 0 aliphatic heterocycles. The van der Waals surface area contributed by atoms with Gasteiger partial charge in [-0.2, -0.15) is 0 Å². The number of halogens is 1. The SMILES string of the molecule is CS(=O)(=O)CCn1c(N)nc2ccc(Cl)cc21. The molecule has 92 valence electrons. The van der Waals surface area contributed by atoms with E-state index in [2.05, 4.69) is 4.98 Å². The van der Waals surface area contributed by atoms with Crippen LogP contribution in [0, 0.1) is 0 Å². The molecule has 0 amide bonds. The van der Waals surface area contributed by atoms with Gasteiger partial charge in [-0.3, -0.25) is 0 Å². The first-order chi connectivity index (χ1) is 7.87. The fourth-order valence-corrected chi connectivity index (χ4v) is 2.29. The Balaban J connectivity index is 2.45.